The Morgan fingerprint density at radius 3 is 3.17 bits per heavy atom. The first kappa shape index (κ1) is 9.28. The lowest BCUT2D eigenvalue weighted by atomic mass is 10.3. The summed E-state index contributed by atoms with van der Waals surface area (Å²) < 4.78 is 5.37. The smallest absolute Gasteiger partial charge is 0.314 e. The van der Waals surface area contributed by atoms with Crippen molar-refractivity contribution in [1.29, 1.82) is 0 Å². The van der Waals surface area contributed by atoms with Crippen molar-refractivity contribution in [3.05, 3.63) is 0 Å². The van der Waals surface area contributed by atoms with E-state index in [-0.39, 0.29) is 12.1 Å². The van der Waals surface area contributed by atoms with E-state index in [1.807, 2.05) is 0 Å². The van der Waals surface area contributed by atoms with Crippen molar-refractivity contribution in [3.63, 3.8) is 0 Å². The Morgan fingerprint density at radius 2 is 2.58 bits per heavy atom. The van der Waals surface area contributed by atoms with Gasteiger partial charge in [-0.15, -0.1) is 0 Å². The van der Waals surface area contributed by atoms with Gasteiger partial charge in [-0.05, 0) is 0 Å². The summed E-state index contributed by atoms with van der Waals surface area (Å²) in [4.78, 5) is 10.8. The highest BCUT2D eigenvalue weighted by atomic mass is 16.5. The summed E-state index contributed by atoms with van der Waals surface area (Å²) in [6.07, 6.45) is 0.107. The lowest BCUT2D eigenvalue weighted by molar-refractivity contribution is 0.0308. The van der Waals surface area contributed by atoms with Gasteiger partial charge in [0.15, 0.2) is 0 Å². The molecule has 5 nitrogen and oxygen atoms in total. The fraction of sp³-hybridized carbons (Fsp3) is 0.857. The lowest BCUT2D eigenvalue weighted by Crippen LogP contribution is -2.46. The number of nitrogens with one attached hydrogen (secondary N) is 3. The van der Waals surface area contributed by atoms with E-state index in [1.165, 1.54) is 0 Å². The highest BCUT2D eigenvalue weighted by molar-refractivity contribution is 5.73. The van der Waals surface area contributed by atoms with Crippen LogP contribution in [-0.2, 0) is 4.74 Å². The third kappa shape index (κ3) is 3.06. The molecule has 1 aliphatic heterocycles. The first-order chi connectivity index (χ1) is 5.83. The summed E-state index contributed by atoms with van der Waals surface area (Å²) in [7, 11) is 1.59. The molecule has 2 amide bonds. The van der Waals surface area contributed by atoms with Gasteiger partial charge in [0.1, 0.15) is 0 Å². The van der Waals surface area contributed by atoms with E-state index in [2.05, 4.69) is 16.0 Å². The summed E-state index contributed by atoms with van der Waals surface area (Å²) in [6, 6.07) is -0.163. The maximum atomic E-state index is 10.8. The van der Waals surface area contributed by atoms with Crippen LogP contribution >= 0.6 is 0 Å². The Labute approximate surface area is 71.8 Å². The predicted molar refractivity (Wildman–Crippen MR) is 45.1 cm³/mol. The van der Waals surface area contributed by atoms with E-state index >= 15 is 0 Å². The van der Waals surface area contributed by atoms with Crippen LogP contribution in [0.2, 0.25) is 0 Å². The Kier molecular flexibility index (Phi) is 3.83. The van der Waals surface area contributed by atoms with Crippen molar-refractivity contribution < 1.29 is 9.53 Å². The molecule has 1 heterocycles. The normalized spacial score (nSPS) is 23.2. The van der Waals surface area contributed by atoms with Gasteiger partial charge in [-0.1, -0.05) is 0 Å². The van der Waals surface area contributed by atoms with Crippen LogP contribution in [0.1, 0.15) is 0 Å². The molecule has 1 rings (SSSR count). The van der Waals surface area contributed by atoms with Gasteiger partial charge in [-0.2, -0.15) is 0 Å². The van der Waals surface area contributed by atoms with Crippen LogP contribution in [0, 0.1) is 0 Å². The van der Waals surface area contributed by atoms with Gasteiger partial charge in [0.25, 0.3) is 0 Å². The standard InChI is InChI=1S/C7H15N3O2/c1-8-7(11)10-5-6-4-9-2-3-12-6/h6,9H,2-5H2,1H3,(H2,8,10,11)/t6-/m0/s1. The molecule has 0 aliphatic carbocycles. The van der Waals surface area contributed by atoms with Gasteiger partial charge in [0.2, 0.25) is 0 Å². The molecule has 1 atom stereocenters. The topological polar surface area (TPSA) is 62.4 Å². The van der Waals surface area contributed by atoms with Gasteiger partial charge in [-0.25, -0.2) is 4.79 Å². The van der Waals surface area contributed by atoms with E-state index in [9.17, 15) is 4.79 Å². The van der Waals surface area contributed by atoms with Crippen molar-refractivity contribution in [1.82, 2.24) is 16.0 Å². The van der Waals surface area contributed by atoms with Crippen molar-refractivity contribution in [2.24, 2.45) is 0 Å². The minimum Gasteiger partial charge on any atom is -0.374 e. The van der Waals surface area contributed by atoms with Crippen molar-refractivity contribution in [3.8, 4) is 0 Å². The third-order valence-corrected chi connectivity index (χ3v) is 1.72. The zero-order chi connectivity index (χ0) is 8.81. The second kappa shape index (κ2) is 4.95. The van der Waals surface area contributed by atoms with Crippen LogP contribution in [0.15, 0.2) is 0 Å². The molecule has 0 aromatic carbocycles. The largest absolute Gasteiger partial charge is 0.374 e. The summed E-state index contributed by atoms with van der Waals surface area (Å²) in [6.45, 7) is 2.99. The molecule has 0 radical (unpaired) electrons. The number of rotatable bonds is 2. The van der Waals surface area contributed by atoms with E-state index < -0.39 is 0 Å². The fourth-order valence-corrected chi connectivity index (χ4v) is 1.05. The molecule has 0 saturated carbocycles. The zero-order valence-corrected chi connectivity index (χ0v) is 7.22. The zero-order valence-electron chi connectivity index (χ0n) is 7.22. The molecule has 0 aromatic heterocycles. The predicted octanol–water partition coefficient (Wildman–Crippen LogP) is -1.10. The van der Waals surface area contributed by atoms with Crippen LogP contribution in [-0.4, -0.2) is 45.4 Å². The number of hydrogen-bond donors (Lipinski definition) is 3. The summed E-state index contributed by atoms with van der Waals surface area (Å²) in [5, 5.41) is 8.35. The van der Waals surface area contributed by atoms with Crippen LogP contribution in [0.5, 0.6) is 0 Å². The maximum Gasteiger partial charge on any atom is 0.314 e. The molecule has 0 aromatic rings. The lowest BCUT2D eigenvalue weighted by Gasteiger charge is -2.23. The van der Waals surface area contributed by atoms with Crippen LogP contribution in [0.4, 0.5) is 4.79 Å². The molecule has 1 saturated heterocycles. The first-order valence-corrected chi connectivity index (χ1v) is 4.11. The summed E-state index contributed by atoms with van der Waals surface area (Å²) >= 11 is 0. The highest BCUT2D eigenvalue weighted by Crippen LogP contribution is 1.93. The molecule has 5 heteroatoms. The van der Waals surface area contributed by atoms with E-state index in [0.717, 1.165) is 19.7 Å². The third-order valence-electron chi connectivity index (χ3n) is 1.72. The molecule has 0 bridgehead atoms. The fourth-order valence-electron chi connectivity index (χ4n) is 1.05. The monoisotopic (exact) mass is 173 g/mol. The Hall–Kier alpha value is -0.810. The average molecular weight is 173 g/mol. The minimum absolute atomic E-state index is 0.107. The molecule has 1 fully saturated rings. The van der Waals surface area contributed by atoms with E-state index in [1.54, 1.807) is 7.05 Å². The molecule has 0 spiro atoms. The van der Waals surface area contributed by atoms with Crippen molar-refractivity contribution in [2.45, 2.75) is 6.10 Å². The quantitative estimate of drug-likeness (QED) is 0.497. The molecule has 0 unspecified atom stereocenters. The molecule has 1 aliphatic rings. The molecule has 3 N–H and O–H groups in total. The first-order valence-electron chi connectivity index (χ1n) is 4.11. The molecular weight excluding hydrogens is 158 g/mol. The van der Waals surface area contributed by atoms with Gasteiger partial charge in [0.05, 0.1) is 12.7 Å². The number of urea groups is 1. The number of carbonyl (C=O) groups excluding carboxylic acids is 1. The van der Waals surface area contributed by atoms with Crippen LogP contribution in [0.25, 0.3) is 0 Å². The number of ether oxygens (including phenoxy) is 1. The minimum atomic E-state index is -0.163. The van der Waals surface area contributed by atoms with Gasteiger partial charge < -0.3 is 20.7 Å². The Bertz CT molecular complexity index is 146. The Morgan fingerprint density at radius 1 is 1.75 bits per heavy atom. The number of amides is 2. The summed E-state index contributed by atoms with van der Waals surface area (Å²) in [5.41, 5.74) is 0. The van der Waals surface area contributed by atoms with Crippen LogP contribution < -0.4 is 16.0 Å². The number of hydrogen-bond acceptors (Lipinski definition) is 3. The van der Waals surface area contributed by atoms with Gasteiger partial charge in [-0.3, -0.25) is 0 Å². The maximum absolute atomic E-state index is 10.8. The second-order valence-corrected chi connectivity index (χ2v) is 2.66. The number of morpholine rings is 1. The number of carbonyl (C=O) groups is 1. The second-order valence-electron chi connectivity index (χ2n) is 2.66. The SMILES string of the molecule is CNC(=O)NC[C@@H]1CNCCO1. The highest BCUT2D eigenvalue weighted by Gasteiger charge is 2.13. The average Bonchev–Trinajstić information content (AvgIpc) is 2.16. The van der Waals surface area contributed by atoms with Crippen LogP contribution in [0.3, 0.4) is 0 Å². The Balaban J connectivity index is 2.09. The molecule has 70 valence electrons. The van der Waals surface area contributed by atoms with Gasteiger partial charge in [0, 0.05) is 26.7 Å². The molecular formula is C7H15N3O2. The molecule has 12 heavy (non-hydrogen) atoms. The van der Waals surface area contributed by atoms with Crippen molar-refractivity contribution >= 4 is 6.03 Å². The van der Waals surface area contributed by atoms with E-state index in [4.69, 9.17) is 4.74 Å². The summed E-state index contributed by atoms with van der Waals surface area (Å²) in [5.74, 6) is 0. The van der Waals surface area contributed by atoms with E-state index in [0.29, 0.717) is 6.54 Å². The van der Waals surface area contributed by atoms with Gasteiger partial charge >= 0.3 is 6.03 Å². The van der Waals surface area contributed by atoms with Crippen molar-refractivity contribution in [2.75, 3.05) is 33.3 Å².